The molecule has 1 rings (SSSR count). The Hall–Kier alpha value is -0.600. The molecule has 1 aromatic carbocycles. The number of nitrogens with zero attached hydrogens (tertiary/aromatic N) is 1. The minimum Gasteiger partial charge on any atom is -0.495 e. The van der Waals surface area contributed by atoms with Gasteiger partial charge < -0.3 is 9.64 Å². The second-order valence-corrected chi connectivity index (χ2v) is 4.17. The standard InChI is InChI=1S/C11H15Cl2NO/c1-8-6-10(14(2)5-4-12)11(15-3)7-9(8)13/h6-7H,4-5H2,1-3H3. The summed E-state index contributed by atoms with van der Waals surface area (Å²) in [6.07, 6.45) is 0. The number of halogens is 2. The van der Waals surface area contributed by atoms with Crippen LogP contribution in [-0.2, 0) is 0 Å². The van der Waals surface area contributed by atoms with Crippen LogP contribution in [0.1, 0.15) is 5.56 Å². The Kier molecular flexibility index (Phi) is 4.55. The SMILES string of the molecule is COc1cc(Cl)c(C)cc1N(C)CCCl. The topological polar surface area (TPSA) is 12.5 Å². The highest BCUT2D eigenvalue weighted by Crippen LogP contribution is 2.32. The van der Waals surface area contributed by atoms with Crippen LogP contribution in [0.15, 0.2) is 12.1 Å². The number of hydrogen-bond acceptors (Lipinski definition) is 2. The molecular weight excluding hydrogens is 233 g/mol. The average molecular weight is 248 g/mol. The van der Waals surface area contributed by atoms with Crippen molar-refractivity contribution in [1.29, 1.82) is 0 Å². The fourth-order valence-corrected chi connectivity index (χ4v) is 1.76. The summed E-state index contributed by atoms with van der Waals surface area (Å²) < 4.78 is 5.28. The zero-order valence-corrected chi connectivity index (χ0v) is 10.7. The van der Waals surface area contributed by atoms with Crippen molar-refractivity contribution in [2.24, 2.45) is 0 Å². The largest absolute Gasteiger partial charge is 0.495 e. The molecule has 1 aromatic rings. The van der Waals surface area contributed by atoms with Crippen LogP contribution < -0.4 is 9.64 Å². The lowest BCUT2D eigenvalue weighted by Crippen LogP contribution is -2.20. The Balaban J connectivity index is 3.09. The van der Waals surface area contributed by atoms with Gasteiger partial charge in [0, 0.05) is 30.6 Å². The molecule has 0 heterocycles. The predicted octanol–water partition coefficient (Wildman–Crippen LogP) is 3.33. The number of hydrogen-bond donors (Lipinski definition) is 0. The highest BCUT2D eigenvalue weighted by Gasteiger charge is 2.10. The van der Waals surface area contributed by atoms with E-state index < -0.39 is 0 Å². The van der Waals surface area contributed by atoms with Gasteiger partial charge in [0.25, 0.3) is 0 Å². The van der Waals surface area contributed by atoms with E-state index in [0.29, 0.717) is 5.88 Å². The Morgan fingerprint density at radius 1 is 1.40 bits per heavy atom. The fraction of sp³-hybridized carbons (Fsp3) is 0.455. The van der Waals surface area contributed by atoms with Gasteiger partial charge in [-0.2, -0.15) is 0 Å². The van der Waals surface area contributed by atoms with Crippen molar-refractivity contribution < 1.29 is 4.74 Å². The summed E-state index contributed by atoms with van der Waals surface area (Å²) in [4.78, 5) is 2.05. The lowest BCUT2D eigenvalue weighted by atomic mass is 10.2. The van der Waals surface area contributed by atoms with E-state index in [2.05, 4.69) is 4.90 Å². The summed E-state index contributed by atoms with van der Waals surface area (Å²) in [5, 5.41) is 0.717. The number of ether oxygens (including phenoxy) is 1. The zero-order chi connectivity index (χ0) is 11.4. The van der Waals surface area contributed by atoms with Gasteiger partial charge in [-0.05, 0) is 18.6 Å². The van der Waals surface area contributed by atoms with Crippen LogP contribution in [0, 0.1) is 6.92 Å². The molecule has 0 spiro atoms. The van der Waals surface area contributed by atoms with Gasteiger partial charge in [0.05, 0.1) is 12.8 Å². The van der Waals surface area contributed by atoms with Gasteiger partial charge >= 0.3 is 0 Å². The van der Waals surface area contributed by atoms with Crippen LogP contribution in [0.25, 0.3) is 0 Å². The van der Waals surface area contributed by atoms with Crippen LogP contribution in [0.2, 0.25) is 5.02 Å². The van der Waals surface area contributed by atoms with Gasteiger partial charge in [-0.1, -0.05) is 11.6 Å². The molecule has 0 aliphatic heterocycles. The molecule has 0 aliphatic carbocycles. The molecule has 0 radical (unpaired) electrons. The molecule has 0 N–H and O–H groups in total. The first-order valence-electron chi connectivity index (χ1n) is 4.71. The molecule has 15 heavy (non-hydrogen) atoms. The molecule has 0 bridgehead atoms. The third kappa shape index (κ3) is 2.93. The molecule has 0 saturated heterocycles. The predicted molar refractivity (Wildman–Crippen MR) is 66.7 cm³/mol. The highest BCUT2D eigenvalue weighted by atomic mass is 35.5. The second-order valence-electron chi connectivity index (χ2n) is 3.38. The smallest absolute Gasteiger partial charge is 0.143 e. The van der Waals surface area contributed by atoms with Crippen LogP contribution in [0.5, 0.6) is 5.75 Å². The van der Waals surface area contributed by atoms with Crippen LogP contribution in [0.4, 0.5) is 5.69 Å². The lowest BCUT2D eigenvalue weighted by Gasteiger charge is -2.21. The first-order valence-corrected chi connectivity index (χ1v) is 5.62. The van der Waals surface area contributed by atoms with Gasteiger partial charge in [-0.25, -0.2) is 0 Å². The van der Waals surface area contributed by atoms with Crippen LogP contribution >= 0.6 is 23.2 Å². The second kappa shape index (κ2) is 5.47. The Morgan fingerprint density at radius 3 is 2.60 bits per heavy atom. The van der Waals surface area contributed by atoms with E-state index in [9.17, 15) is 0 Å². The minimum atomic E-state index is 0.585. The summed E-state index contributed by atoms with van der Waals surface area (Å²) in [5.41, 5.74) is 2.05. The number of benzene rings is 1. The van der Waals surface area contributed by atoms with E-state index in [1.807, 2.05) is 26.1 Å². The lowest BCUT2D eigenvalue weighted by molar-refractivity contribution is 0.415. The third-order valence-corrected chi connectivity index (χ3v) is 2.87. The van der Waals surface area contributed by atoms with E-state index in [1.54, 1.807) is 7.11 Å². The first-order chi connectivity index (χ1) is 7.10. The number of aryl methyl sites for hydroxylation is 1. The molecule has 0 atom stereocenters. The van der Waals surface area contributed by atoms with Gasteiger partial charge in [-0.15, -0.1) is 11.6 Å². The molecule has 0 fully saturated rings. The van der Waals surface area contributed by atoms with E-state index in [-0.39, 0.29) is 0 Å². The zero-order valence-electron chi connectivity index (χ0n) is 9.18. The van der Waals surface area contributed by atoms with Gasteiger partial charge in [-0.3, -0.25) is 0 Å². The maximum atomic E-state index is 6.02. The molecule has 0 aliphatic rings. The van der Waals surface area contributed by atoms with Crippen molar-refractivity contribution in [1.82, 2.24) is 0 Å². The van der Waals surface area contributed by atoms with E-state index in [1.165, 1.54) is 0 Å². The molecule has 0 amide bonds. The van der Waals surface area contributed by atoms with E-state index in [4.69, 9.17) is 27.9 Å². The summed E-state index contributed by atoms with van der Waals surface area (Å²) in [5.74, 6) is 1.36. The van der Waals surface area contributed by atoms with Crippen molar-refractivity contribution in [3.8, 4) is 5.75 Å². The molecule has 0 unspecified atom stereocenters. The number of alkyl halides is 1. The van der Waals surface area contributed by atoms with Crippen molar-refractivity contribution in [3.63, 3.8) is 0 Å². The minimum absolute atomic E-state index is 0.585. The van der Waals surface area contributed by atoms with Gasteiger partial charge in [0.15, 0.2) is 0 Å². The van der Waals surface area contributed by atoms with Crippen molar-refractivity contribution in [2.75, 3.05) is 31.5 Å². The number of anilines is 1. The normalized spacial score (nSPS) is 10.2. The van der Waals surface area contributed by atoms with Gasteiger partial charge in [0.2, 0.25) is 0 Å². The third-order valence-electron chi connectivity index (χ3n) is 2.29. The first kappa shape index (κ1) is 12.5. The molecule has 2 nitrogen and oxygen atoms in total. The van der Waals surface area contributed by atoms with Crippen molar-refractivity contribution in [2.45, 2.75) is 6.92 Å². The van der Waals surface area contributed by atoms with Crippen molar-refractivity contribution >= 4 is 28.9 Å². The fourth-order valence-electron chi connectivity index (χ4n) is 1.36. The van der Waals surface area contributed by atoms with Gasteiger partial charge in [0.1, 0.15) is 5.75 Å². The number of methoxy groups -OCH3 is 1. The Morgan fingerprint density at radius 2 is 2.07 bits per heavy atom. The summed E-state index contributed by atoms with van der Waals surface area (Å²) in [7, 11) is 3.62. The summed E-state index contributed by atoms with van der Waals surface area (Å²) in [6.45, 7) is 2.75. The van der Waals surface area contributed by atoms with E-state index in [0.717, 1.165) is 28.6 Å². The van der Waals surface area contributed by atoms with Crippen LogP contribution in [0.3, 0.4) is 0 Å². The monoisotopic (exact) mass is 247 g/mol. The average Bonchev–Trinajstić information content (AvgIpc) is 2.21. The number of rotatable bonds is 4. The molecule has 84 valence electrons. The maximum absolute atomic E-state index is 6.02. The molecule has 0 aromatic heterocycles. The quantitative estimate of drug-likeness (QED) is 0.758. The Labute approximate surface area is 101 Å². The maximum Gasteiger partial charge on any atom is 0.143 e. The summed E-state index contributed by atoms with van der Waals surface area (Å²) in [6, 6.07) is 3.84. The van der Waals surface area contributed by atoms with E-state index >= 15 is 0 Å². The molecular formula is C11H15Cl2NO. The van der Waals surface area contributed by atoms with Crippen molar-refractivity contribution in [3.05, 3.63) is 22.7 Å². The molecule has 0 saturated carbocycles. The van der Waals surface area contributed by atoms with Crippen LogP contribution in [-0.4, -0.2) is 26.6 Å². The Bertz CT molecular complexity index is 342. The summed E-state index contributed by atoms with van der Waals surface area (Å²) >= 11 is 11.7. The molecule has 4 heteroatoms. The highest BCUT2D eigenvalue weighted by molar-refractivity contribution is 6.31.